The molecule has 0 radical (unpaired) electrons. The van der Waals surface area contributed by atoms with Crippen LogP contribution in [0.15, 0.2) is 12.3 Å². The van der Waals surface area contributed by atoms with E-state index in [2.05, 4.69) is 13.5 Å². The molecule has 0 aromatic rings. The molecule has 0 fully saturated rings. The number of esters is 1. The van der Waals surface area contributed by atoms with E-state index in [1.54, 1.807) is 0 Å². The van der Waals surface area contributed by atoms with E-state index < -0.39 is 5.97 Å². The smallest absolute Gasteiger partial charge is 0.353 e. The van der Waals surface area contributed by atoms with Gasteiger partial charge < -0.3 is 15.2 Å². The van der Waals surface area contributed by atoms with E-state index in [0.29, 0.717) is 6.61 Å². The topological polar surface area (TPSA) is 61.6 Å². The first-order valence-corrected chi connectivity index (χ1v) is 5.56. The molecule has 0 saturated carbocycles. The average Bonchev–Trinajstić information content (AvgIpc) is 2.22. The van der Waals surface area contributed by atoms with Gasteiger partial charge in [-0.05, 0) is 20.3 Å². The predicted molar refractivity (Wildman–Crippen MR) is 63.8 cm³/mol. The number of rotatable bonds is 7. The Kier molecular flexibility index (Phi) is 6.11. The summed E-state index contributed by atoms with van der Waals surface area (Å²) in [6.45, 7) is 12.3. The number of hydrogen-bond donors (Lipinski definition) is 1. The van der Waals surface area contributed by atoms with E-state index in [4.69, 9.17) is 15.2 Å². The SMILES string of the molecule is C=C(N)C(=O)OCC(C)C(C)(C)OCCC. The summed E-state index contributed by atoms with van der Waals surface area (Å²) in [5.41, 5.74) is 4.83. The summed E-state index contributed by atoms with van der Waals surface area (Å²) in [5, 5.41) is 0. The van der Waals surface area contributed by atoms with Crippen molar-refractivity contribution < 1.29 is 14.3 Å². The Bertz CT molecular complexity index is 249. The molecule has 0 aliphatic carbocycles. The van der Waals surface area contributed by atoms with Crippen LogP contribution >= 0.6 is 0 Å². The van der Waals surface area contributed by atoms with Gasteiger partial charge in [-0.1, -0.05) is 20.4 Å². The zero-order chi connectivity index (χ0) is 12.8. The van der Waals surface area contributed by atoms with Gasteiger partial charge in [0.1, 0.15) is 5.70 Å². The van der Waals surface area contributed by atoms with Crippen molar-refractivity contribution in [3.05, 3.63) is 12.3 Å². The highest BCUT2D eigenvalue weighted by molar-refractivity contribution is 5.86. The average molecular weight is 229 g/mol. The number of carbonyl (C=O) groups excluding carboxylic acids is 1. The van der Waals surface area contributed by atoms with E-state index >= 15 is 0 Å². The zero-order valence-electron chi connectivity index (χ0n) is 10.7. The van der Waals surface area contributed by atoms with Crippen molar-refractivity contribution in [2.45, 2.75) is 39.7 Å². The third-order valence-corrected chi connectivity index (χ3v) is 2.59. The Morgan fingerprint density at radius 3 is 2.50 bits per heavy atom. The van der Waals surface area contributed by atoms with Crippen LogP contribution in [0.3, 0.4) is 0 Å². The fourth-order valence-electron chi connectivity index (χ4n) is 1.00. The van der Waals surface area contributed by atoms with Crippen LogP contribution in [-0.4, -0.2) is 24.8 Å². The van der Waals surface area contributed by atoms with E-state index in [-0.39, 0.29) is 23.8 Å². The van der Waals surface area contributed by atoms with Crippen molar-refractivity contribution in [2.24, 2.45) is 11.7 Å². The number of hydrogen-bond acceptors (Lipinski definition) is 4. The maximum atomic E-state index is 11.1. The van der Waals surface area contributed by atoms with Gasteiger partial charge in [0.25, 0.3) is 0 Å². The highest BCUT2D eigenvalue weighted by atomic mass is 16.5. The van der Waals surface area contributed by atoms with E-state index in [0.717, 1.165) is 6.42 Å². The van der Waals surface area contributed by atoms with Gasteiger partial charge in [-0.25, -0.2) is 4.79 Å². The van der Waals surface area contributed by atoms with Crippen molar-refractivity contribution in [2.75, 3.05) is 13.2 Å². The fourth-order valence-corrected chi connectivity index (χ4v) is 1.00. The minimum Gasteiger partial charge on any atom is -0.461 e. The normalized spacial score (nSPS) is 13.2. The molecule has 2 N–H and O–H groups in total. The summed E-state index contributed by atoms with van der Waals surface area (Å²) in [5.74, 6) is -0.458. The molecule has 0 heterocycles. The summed E-state index contributed by atoms with van der Waals surface area (Å²) in [7, 11) is 0. The highest BCUT2D eigenvalue weighted by Crippen LogP contribution is 2.21. The number of ether oxygens (including phenoxy) is 2. The first kappa shape index (κ1) is 15.0. The predicted octanol–water partition coefficient (Wildman–Crippen LogP) is 1.84. The van der Waals surface area contributed by atoms with Crippen molar-refractivity contribution in [3.8, 4) is 0 Å². The third-order valence-electron chi connectivity index (χ3n) is 2.59. The molecule has 0 aromatic heterocycles. The second kappa shape index (κ2) is 6.53. The molecule has 16 heavy (non-hydrogen) atoms. The van der Waals surface area contributed by atoms with E-state index in [1.165, 1.54) is 0 Å². The van der Waals surface area contributed by atoms with Gasteiger partial charge in [0.2, 0.25) is 0 Å². The Balaban J connectivity index is 4.08. The Labute approximate surface area is 97.8 Å². The van der Waals surface area contributed by atoms with Crippen molar-refractivity contribution in [1.82, 2.24) is 0 Å². The number of carbonyl (C=O) groups is 1. The van der Waals surface area contributed by atoms with Crippen LogP contribution in [0.2, 0.25) is 0 Å². The standard InChI is InChI=1S/C12H23NO3/c1-6-7-16-12(4,5)9(2)8-15-11(14)10(3)13/h9H,3,6-8,13H2,1-2,4-5H3. The van der Waals surface area contributed by atoms with Gasteiger partial charge in [-0.15, -0.1) is 0 Å². The molecule has 0 rings (SSSR count). The second-order valence-electron chi connectivity index (χ2n) is 4.48. The molecule has 4 heteroatoms. The zero-order valence-corrected chi connectivity index (χ0v) is 10.7. The van der Waals surface area contributed by atoms with Crippen LogP contribution in [0.5, 0.6) is 0 Å². The van der Waals surface area contributed by atoms with Gasteiger partial charge in [-0.2, -0.15) is 0 Å². The van der Waals surface area contributed by atoms with Gasteiger partial charge in [0.15, 0.2) is 0 Å². The van der Waals surface area contributed by atoms with Gasteiger partial charge in [0.05, 0.1) is 12.2 Å². The first-order valence-electron chi connectivity index (χ1n) is 5.56. The molecule has 1 atom stereocenters. The van der Waals surface area contributed by atoms with Crippen LogP contribution in [0.25, 0.3) is 0 Å². The largest absolute Gasteiger partial charge is 0.461 e. The molecular weight excluding hydrogens is 206 g/mol. The van der Waals surface area contributed by atoms with Crippen LogP contribution in [0.1, 0.15) is 34.1 Å². The summed E-state index contributed by atoms with van der Waals surface area (Å²) >= 11 is 0. The summed E-state index contributed by atoms with van der Waals surface area (Å²) < 4.78 is 10.7. The summed E-state index contributed by atoms with van der Waals surface area (Å²) in [4.78, 5) is 11.1. The fraction of sp³-hybridized carbons (Fsp3) is 0.750. The molecule has 0 saturated heterocycles. The van der Waals surface area contributed by atoms with E-state index in [9.17, 15) is 4.79 Å². The monoisotopic (exact) mass is 229 g/mol. The molecule has 0 spiro atoms. The maximum absolute atomic E-state index is 11.1. The molecular formula is C12H23NO3. The molecule has 0 bridgehead atoms. The quantitative estimate of drug-likeness (QED) is 0.534. The molecule has 0 aliphatic heterocycles. The minimum absolute atomic E-state index is 0.0699. The molecule has 0 aromatic carbocycles. The van der Waals surface area contributed by atoms with E-state index in [1.807, 2.05) is 20.8 Å². The number of nitrogens with two attached hydrogens (primary N) is 1. The third kappa shape index (κ3) is 5.16. The van der Waals surface area contributed by atoms with Crippen LogP contribution < -0.4 is 5.73 Å². The lowest BCUT2D eigenvalue weighted by Crippen LogP contribution is -2.36. The van der Waals surface area contributed by atoms with Crippen LogP contribution in [0.4, 0.5) is 0 Å². The molecule has 1 unspecified atom stereocenters. The first-order chi connectivity index (χ1) is 7.31. The van der Waals surface area contributed by atoms with Gasteiger partial charge in [-0.3, -0.25) is 0 Å². The Morgan fingerprint density at radius 2 is 2.06 bits per heavy atom. The minimum atomic E-state index is -0.557. The maximum Gasteiger partial charge on any atom is 0.353 e. The van der Waals surface area contributed by atoms with Gasteiger partial charge >= 0.3 is 5.97 Å². The lowest BCUT2D eigenvalue weighted by atomic mass is 9.93. The lowest BCUT2D eigenvalue weighted by molar-refractivity contribution is -0.144. The molecule has 0 amide bonds. The summed E-state index contributed by atoms with van der Waals surface area (Å²) in [6.07, 6.45) is 0.968. The molecule has 4 nitrogen and oxygen atoms in total. The van der Waals surface area contributed by atoms with Crippen LogP contribution in [-0.2, 0) is 14.3 Å². The second-order valence-corrected chi connectivity index (χ2v) is 4.48. The molecule has 94 valence electrons. The Morgan fingerprint density at radius 1 is 1.50 bits per heavy atom. The lowest BCUT2D eigenvalue weighted by Gasteiger charge is -2.31. The highest BCUT2D eigenvalue weighted by Gasteiger charge is 2.27. The summed E-state index contributed by atoms with van der Waals surface area (Å²) in [6, 6.07) is 0. The Hall–Kier alpha value is -1.03. The van der Waals surface area contributed by atoms with Crippen molar-refractivity contribution >= 4 is 5.97 Å². The molecule has 0 aliphatic rings. The van der Waals surface area contributed by atoms with Gasteiger partial charge in [0, 0.05) is 12.5 Å². The van der Waals surface area contributed by atoms with Crippen LogP contribution in [0, 0.1) is 5.92 Å². The van der Waals surface area contributed by atoms with Crippen molar-refractivity contribution in [3.63, 3.8) is 0 Å². The van der Waals surface area contributed by atoms with Crippen molar-refractivity contribution in [1.29, 1.82) is 0 Å².